The van der Waals surface area contributed by atoms with Crippen LogP contribution in [-0.4, -0.2) is 45.9 Å². The second-order valence-corrected chi connectivity index (χ2v) is 5.97. The molecule has 7 nitrogen and oxygen atoms in total. The Hall–Kier alpha value is -2.06. The lowest BCUT2D eigenvalue weighted by Crippen LogP contribution is -2.43. The summed E-state index contributed by atoms with van der Waals surface area (Å²) in [4.78, 5) is 33.4. The van der Waals surface area contributed by atoms with Crippen LogP contribution in [0.15, 0.2) is 30.3 Å². The van der Waals surface area contributed by atoms with Crippen molar-refractivity contribution in [3.8, 4) is 0 Å². The van der Waals surface area contributed by atoms with Gasteiger partial charge in [-0.1, -0.05) is 30.3 Å². The number of hydrogen-bond donors (Lipinski definition) is 4. The summed E-state index contributed by atoms with van der Waals surface area (Å²) in [5.41, 5.74) is 6.37. The van der Waals surface area contributed by atoms with E-state index in [0.717, 1.165) is 5.56 Å². The largest absolute Gasteiger partial charge is 0.480 e. The van der Waals surface area contributed by atoms with Gasteiger partial charge in [-0.2, -0.15) is 11.8 Å². The number of thioether (sulfide) groups is 1. The number of amides is 1. The number of benzene rings is 1. The Bertz CT molecular complexity index is 538. The van der Waals surface area contributed by atoms with E-state index in [1.807, 2.05) is 30.3 Å². The van der Waals surface area contributed by atoms with Crippen LogP contribution >= 0.6 is 11.8 Å². The zero-order valence-electron chi connectivity index (χ0n) is 12.5. The van der Waals surface area contributed by atoms with Crippen LogP contribution in [0.2, 0.25) is 0 Å². The van der Waals surface area contributed by atoms with Crippen LogP contribution in [0.1, 0.15) is 18.4 Å². The number of carboxylic acids is 2. The fraction of sp³-hybridized carbons (Fsp3) is 0.400. The average Bonchev–Trinajstić information content (AvgIpc) is 2.52. The second-order valence-electron chi connectivity index (χ2n) is 4.94. The van der Waals surface area contributed by atoms with Crippen molar-refractivity contribution in [2.45, 2.75) is 30.7 Å². The normalized spacial score (nSPS) is 13.1. The van der Waals surface area contributed by atoms with Gasteiger partial charge in [-0.05, 0) is 12.0 Å². The van der Waals surface area contributed by atoms with Gasteiger partial charge in [0, 0.05) is 17.9 Å². The smallest absolute Gasteiger partial charge is 0.327 e. The van der Waals surface area contributed by atoms with Crippen LogP contribution in [0.5, 0.6) is 0 Å². The molecule has 0 aliphatic heterocycles. The fourth-order valence-electron chi connectivity index (χ4n) is 1.72. The van der Waals surface area contributed by atoms with Gasteiger partial charge in [0.2, 0.25) is 5.91 Å². The van der Waals surface area contributed by atoms with Gasteiger partial charge in [0.1, 0.15) is 12.1 Å². The first-order valence-electron chi connectivity index (χ1n) is 7.02. The van der Waals surface area contributed by atoms with E-state index in [1.165, 1.54) is 11.8 Å². The molecule has 0 unspecified atom stereocenters. The molecule has 1 aromatic carbocycles. The third-order valence-electron chi connectivity index (χ3n) is 3.03. The molecule has 5 N–H and O–H groups in total. The van der Waals surface area contributed by atoms with E-state index in [4.69, 9.17) is 15.9 Å². The molecule has 1 aromatic rings. The molecule has 0 aromatic heterocycles. The molecule has 1 rings (SSSR count). The molecule has 0 saturated heterocycles. The Morgan fingerprint density at radius 1 is 1.13 bits per heavy atom. The van der Waals surface area contributed by atoms with Crippen molar-refractivity contribution in [2.24, 2.45) is 5.73 Å². The average molecular weight is 340 g/mol. The highest BCUT2D eigenvalue weighted by molar-refractivity contribution is 7.98. The summed E-state index contributed by atoms with van der Waals surface area (Å²) >= 11 is 1.40. The van der Waals surface area contributed by atoms with Crippen molar-refractivity contribution in [2.75, 3.05) is 5.75 Å². The summed E-state index contributed by atoms with van der Waals surface area (Å²) in [5.74, 6) is -1.97. The number of carbonyl (C=O) groups excluding carboxylic acids is 1. The molecule has 126 valence electrons. The Balaban J connectivity index is 2.38. The van der Waals surface area contributed by atoms with Gasteiger partial charge in [-0.15, -0.1) is 0 Å². The zero-order valence-corrected chi connectivity index (χ0v) is 13.3. The maximum absolute atomic E-state index is 11.7. The molecular weight excluding hydrogens is 320 g/mol. The lowest BCUT2D eigenvalue weighted by molar-refractivity contribution is -0.141. The van der Waals surface area contributed by atoms with Crippen molar-refractivity contribution in [3.05, 3.63) is 35.9 Å². The minimum atomic E-state index is -1.19. The third-order valence-corrected chi connectivity index (χ3v) is 4.14. The topological polar surface area (TPSA) is 130 Å². The van der Waals surface area contributed by atoms with Gasteiger partial charge in [0.25, 0.3) is 0 Å². The number of nitrogens with one attached hydrogen (secondary N) is 1. The molecule has 0 saturated carbocycles. The minimum Gasteiger partial charge on any atom is -0.480 e. The van der Waals surface area contributed by atoms with E-state index in [0.29, 0.717) is 5.75 Å². The summed E-state index contributed by atoms with van der Waals surface area (Å²) < 4.78 is 0. The maximum Gasteiger partial charge on any atom is 0.327 e. The standard InChI is InChI=1S/C15H20N2O5S/c16-11(14(19)20)6-7-13(18)17-12(15(21)22)9-23-8-10-4-2-1-3-5-10/h1-5,11-12H,6-9,16H2,(H,17,18)(H,19,20)(H,21,22)/t11-,12-/m0/s1. The minimum absolute atomic E-state index is 0.0370. The molecule has 0 fully saturated rings. The molecule has 0 radical (unpaired) electrons. The van der Waals surface area contributed by atoms with E-state index in [-0.39, 0.29) is 18.6 Å². The third kappa shape index (κ3) is 7.66. The molecule has 0 bridgehead atoms. The molecule has 1 amide bonds. The monoisotopic (exact) mass is 340 g/mol. The molecule has 2 atom stereocenters. The zero-order chi connectivity index (χ0) is 17.2. The predicted molar refractivity (Wildman–Crippen MR) is 87.0 cm³/mol. The number of rotatable bonds is 10. The van der Waals surface area contributed by atoms with Crippen molar-refractivity contribution >= 4 is 29.6 Å². The van der Waals surface area contributed by atoms with Crippen LogP contribution < -0.4 is 11.1 Å². The van der Waals surface area contributed by atoms with Crippen LogP contribution in [0.3, 0.4) is 0 Å². The Morgan fingerprint density at radius 3 is 2.35 bits per heavy atom. The highest BCUT2D eigenvalue weighted by atomic mass is 32.2. The SMILES string of the molecule is N[C@@H](CCC(=O)N[C@@H](CSCc1ccccc1)C(=O)O)C(=O)O. The quantitative estimate of drug-likeness (QED) is 0.493. The number of carboxylic acid groups (broad SMARTS) is 2. The van der Waals surface area contributed by atoms with Gasteiger partial charge < -0.3 is 21.3 Å². The molecule has 0 spiro atoms. The van der Waals surface area contributed by atoms with E-state index in [9.17, 15) is 14.4 Å². The summed E-state index contributed by atoms with van der Waals surface area (Å²) in [6, 6.07) is 7.43. The molecular formula is C15H20N2O5S. The van der Waals surface area contributed by atoms with Crippen molar-refractivity contribution < 1.29 is 24.6 Å². The number of carbonyl (C=O) groups is 3. The van der Waals surface area contributed by atoms with Crippen LogP contribution in [0.25, 0.3) is 0 Å². The first-order chi connectivity index (χ1) is 10.9. The van der Waals surface area contributed by atoms with Crippen LogP contribution in [0, 0.1) is 0 Å². The maximum atomic E-state index is 11.7. The van der Waals surface area contributed by atoms with Crippen molar-refractivity contribution in [1.29, 1.82) is 0 Å². The van der Waals surface area contributed by atoms with Crippen LogP contribution in [-0.2, 0) is 20.1 Å². The van der Waals surface area contributed by atoms with Gasteiger partial charge >= 0.3 is 11.9 Å². The molecule has 0 heterocycles. The predicted octanol–water partition coefficient (Wildman–Crippen LogP) is 0.681. The number of nitrogens with two attached hydrogens (primary N) is 1. The molecule has 0 aliphatic carbocycles. The Morgan fingerprint density at radius 2 is 1.78 bits per heavy atom. The molecule has 8 heteroatoms. The van der Waals surface area contributed by atoms with E-state index >= 15 is 0 Å². The Labute approximate surface area is 138 Å². The van der Waals surface area contributed by atoms with E-state index in [2.05, 4.69) is 5.32 Å². The van der Waals surface area contributed by atoms with Gasteiger partial charge in [-0.25, -0.2) is 4.79 Å². The van der Waals surface area contributed by atoms with Crippen molar-refractivity contribution in [1.82, 2.24) is 5.32 Å². The first kappa shape index (κ1) is 19.0. The summed E-state index contributed by atoms with van der Waals surface area (Å²) in [6.45, 7) is 0. The molecule has 0 aliphatic rings. The van der Waals surface area contributed by atoms with Crippen LogP contribution in [0.4, 0.5) is 0 Å². The first-order valence-corrected chi connectivity index (χ1v) is 8.18. The number of hydrogen-bond acceptors (Lipinski definition) is 5. The summed E-state index contributed by atoms with van der Waals surface area (Å²) in [5, 5.41) is 20.2. The van der Waals surface area contributed by atoms with Gasteiger partial charge in [0.15, 0.2) is 0 Å². The lowest BCUT2D eigenvalue weighted by atomic mass is 10.1. The summed E-state index contributed by atoms with van der Waals surface area (Å²) in [6.07, 6.45) is -0.161. The lowest BCUT2D eigenvalue weighted by Gasteiger charge is -2.15. The highest BCUT2D eigenvalue weighted by Crippen LogP contribution is 2.13. The second kappa shape index (κ2) is 9.86. The Kier molecular flexibility index (Phi) is 8.14. The fourth-order valence-corrected chi connectivity index (χ4v) is 2.73. The van der Waals surface area contributed by atoms with Gasteiger partial charge in [-0.3, -0.25) is 9.59 Å². The van der Waals surface area contributed by atoms with Gasteiger partial charge in [0.05, 0.1) is 0 Å². The van der Waals surface area contributed by atoms with E-state index < -0.39 is 29.9 Å². The summed E-state index contributed by atoms with van der Waals surface area (Å²) in [7, 11) is 0. The molecule has 23 heavy (non-hydrogen) atoms. The number of aliphatic carboxylic acids is 2. The highest BCUT2D eigenvalue weighted by Gasteiger charge is 2.21. The van der Waals surface area contributed by atoms with Crippen molar-refractivity contribution in [3.63, 3.8) is 0 Å². The van der Waals surface area contributed by atoms with E-state index in [1.54, 1.807) is 0 Å².